The SMILES string of the molecule is COc1ccc(SNc2ccc(Cl)c(OC3CCN(C)C3)c2)cc1OC. The second-order valence-electron chi connectivity index (χ2n) is 6.16. The van der Waals surface area contributed by atoms with Crippen LogP contribution in [0.3, 0.4) is 0 Å². The van der Waals surface area contributed by atoms with Crippen molar-refractivity contribution in [1.29, 1.82) is 0 Å². The van der Waals surface area contributed by atoms with E-state index in [1.54, 1.807) is 14.2 Å². The lowest BCUT2D eigenvalue weighted by molar-refractivity contribution is 0.208. The fraction of sp³-hybridized carbons (Fsp3) is 0.368. The summed E-state index contributed by atoms with van der Waals surface area (Å²) in [6, 6.07) is 11.5. The molecule has 1 atom stereocenters. The molecule has 0 bridgehead atoms. The van der Waals surface area contributed by atoms with Crippen LogP contribution in [-0.2, 0) is 0 Å². The number of likely N-dealkylation sites (tertiary alicyclic amines) is 1. The number of likely N-dealkylation sites (N-methyl/N-ethyl adjacent to an activating group) is 1. The fourth-order valence-electron chi connectivity index (χ4n) is 2.83. The number of methoxy groups -OCH3 is 2. The minimum absolute atomic E-state index is 0.186. The second kappa shape index (κ2) is 8.75. The molecular formula is C19H23ClN2O3S. The van der Waals surface area contributed by atoms with E-state index in [1.165, 1.54) is 11.9 Å². The molecule has 1 unspecified atom stereocenters. The summed E-state index contributed by atoms with van der Waals surface area (Å²) in [7, 11) is 5.35. The summed E-state index contributed by atoms with van der Waals surface area (Å²) in [5.74, 6) is 2.12. The third-order valence-corrected chi connectivity index (χ3v) is 5.35. The van der Waals surface area contributed by atoms with Crippen molar-refractivity contribution in [3.8, 4) is 17.2 Å². The van der Waals surface area contributed by atoms with E-state index in [-0.39, 0.29) is 6.10 Å². The highest BCUT2D eigenvalue weighted by molar-refractivity contribution is 8.00. The molecule has 3 rings (SSSR count). The van der Waals surface area contributed by atoms with Gasteiger partial charge in [-0.2, -0.15) is 0 Å². The molecule has 0 spiro atoms. The molecule has 1 aliphatic rings. The van der Waals surface area contributed by atoms with Crippen molar-refractivity contribution in [2.75, 3.05) is 39.1 Å². The Bertz CT molecular complexity index is 760. The number of hydrogen-bond acceptors (Lipinski definition) is 6. The Morgan fingerprint density at radius 2 is 1.88 bits per heavy atom. The maximum Gasteiger partial charge on any atom is 0.161 e. The number of halogens is 1. The zero-order valence-electron chi connectivity index (χ0n) is 15.1. The predicted octanol–water partition coefficient (Wildman–Crippen LogP) is 4.56. The number of benzene rings is 2. The van der Waals surface area contributed by atoms with E-state index in [9.17, 15) is 0 Å². The highest BCUT2D eigenvalue weighted by Gasteiger charge is 2.21. The van der Waals surface area contributed by atoms with Crippen molar-refractivity contribution in [1.82, 2.24) is 4.90 Å². The number of ether oxygens (including phenoxy) is 3. The molecule has 140 valence electrons. The summed E-state index contributed by atoms with van der Waals surface area (Å²) in [6.45, 7) is 1.98. The van der Waals surface area contributed by atoms with Gasteiger partial charge in [-0.25, -0.2) is 0 Å². The fourth-order valence-corrected chi connectivity index (χ4v) is 3.65. The number of anilines is 1. The van der Waals surface area contributed by atoms with Crippen LogP contribution in [0.4, 0.5) is 5.69 Å². The first-order valence-electron chi connectivity index (χ1n) is 8.38. The molecule has 0 aliphatic carbocycles. The Morgan fingerprint density at radius 3 is 2.58 bits per heavy atom. The molecule has 2 aromatic carbocycles. The summed E-state index contributed by atoms with van der Waals surface area (Å²) < 4.78 is 20.0. The smallest absolute Gasteiger partial charge is 0.161 e. The molecule has 0 amide bonds. The Hall–Kier alpha value is -1.76. The Balaban J connectivity index is 1.65. The van der Waals surface area contributed by atoms with Gasteiger partial charge in [-0.05, 0) is 55.7 Å². The third-order valence-electron chi connectivity index (χ3n) is 4.21. The Labute approximate surface area is 163 Å². The first-order chi connectivity index (χ1) is 12.6. The predicted molar refractivity (Wildman–Crippen MR) is 107 cm³/mol. The molecule has 0 radical (unpaired) electrons. The van der Waals surface area contributed by atoms with Crippen molar-refractivity contribution in [3.05, 3.63) is 41.4 Å². The van der Waals surface area contributed by atoms with Crippen LogP contribution in [0.1, 0.15) is 6.42 Å². The van der Waals surface area contributed by atoms with Crippen LogP contribution >= 0.6 is 23.5 Å². The summed E-state index contributed by atoms with van der Waals surface area (Å²) in [6.07, 6.45) is 1.21. The van der Waals surface area contributed by atoms with Gasteiger partial charge in [-0.1, -0.05) is 11.6 Å². The van der Waals surface area contributed by atoms with E-state index in [1.807, 2.05) is 36.4 Å². The summed E-state index contributed by atoms with van der Waals surface area (Å²) >= 11 is 7.79. The molecule has 5 nitrogen and oxygen atoms in total. The number of nitrogens with one attached hydrogen (secondary N) is 1. The molecule has 2 aromatic rings. The number of rotatable bonds is 7. The maximum atomic E-state index is 6.30. The van der Waals surface area contributed by atoms with E-state index in [0.717, 1.165) is 30.1 Å². The molecule has 1 saturated heterocycles. The molecule has 26 heavy (non-hydrogen) atoms. The van der Waals surface area contributed by atoms with Gasteiger partial charge >= 0.3 is 0 Å². The summed E-state index contributed by atoms with van der Waals surface area (Å²) in [4.78, 5) is 3.27. The van der Waals surface area contributed by atoms with Gasteiger partial charge in [-0.3, -0.25) is 0 Å². The summed E-state index contributed by atoms with van der Waals surface area (Å²) in [5.41, 5.74) is 0.926. The standard InChI is InChI=1S/C19H23ClN2O3S/c1-22-9-8-14(12-22)25-18-10-13(4-6-16(18)20)21-26-15-5-7-17(23-2)19(11-15)24-3/h4-7,10-11,14,21H,8-9,12H2,1-3H3. The van der Waals surface area contributed by atoms with Crippen LogP contribution in [0.5, 0.6) is 17.2 Å². The molecule has 1 heterocycles. The van der Waals surface area contributed by atoms with Crippen molar-refractivity contribution >= 4 is 29.2 Å². The van der Waals surface area contributed by atoms with E-state index < -0.39 is 0 Å². The van der Waals surface area contributed by atoms with Crippen LogP contribution in [0.25, 0.3) is 0 Å². The van der Waals surface area contributed by atoms with Crippen molar-refractivity contribution in [3.63, 3.8) is 0 Å². The second-order valence-corrected chi connectivity index (χ2v) is 7.44. The zero-order valence-corrected chi connectivity index (χ0v) is 16.7. The number of nitrogens with zero attached hydrogens (tertiary/aromatic N) is 1. The van der Waals surface area contributed by atoms with Crippen molar-refractivity contribution in [2.45, 2.75) is 17.4 Å². The largest absolute Gasteiger partial charge is 0.493 e. The van der Waals surface area contributed by atoms with Crippen LogP contribution < -0.4 is 18.9 Å². The highest BCUT2D eigenvalue weighted by atomic mass is 35.5. The van der Waals surface area contributed by atoms with Crippen LogP contribution in [-0.4, -0.2) is 45.4 Å². The maximum absolute atomic E-state index is 6.30. The molecule has 0 saturated carbocycles. The average molecular weight is 395 g/mol. The first-order valence-corrected chi connectivity index (χ1v) is 9.58. The van der Waals surface area contributed by atoms with Crippen LogP contribution in [0.2, 0.25) is 5.02 Å². The Morgan fingerprint density at radius 1 is 1.08 bits per heavy atom. The van der Waals surface area contributed by atoms with Crippen molar-refractivity contribution in [2.24, 2.45) is 0 Å². The normalized spacial score (nSPS) is 17.2. The minimum atomic E-state index is 0.186. The van der Waals surface area contributed by atoms with Crippen molar-refractivity contribution < 1.29 is 14.2 Å². The van der Waals surface area contributed by atoms with E-state index in [4.69, 9.17) is 25.8 Å². The monoisotopic (exact) mass is 394 g/mol. The lowest BCUT2D eigenvalue weighted by Crippen LogP contribution is -2.21. The van der Waals surface area contributed by atoms with Gasteiger partial charge in [0.1, 0.15) is 11.9 Å². The lowest BCUT2D eigenvalue weighted by atomic mass is 10.3. The van der Waals surface area contributed by atoms with Gasteiger partial charge in [-0.15, -0.1) is 0 Å². The first kappa shape index (κ1) is 19.0. The van der Waals surface area contributed by atoms with E-state index >= 15 is 0 Å². The molecular weight excluding hydrogens is 372 g/mol. The average Bonchev–Trinajstić information content (AvgIpc) is 3.06. The molecule has 7 heteroatoms. The van der Waals surface area contributed by atoms with Crippen LogP contribution in [0, 0.1) is 0 Å². The van der Waals surface area contributed by atoms with Gasteiger partial charge in [0.2, 0.25) is 0 Å². The van der Waals surface area contributed by atoms with Gasteiger partial charge < -0.3 is 23.8 Å². The lowest BCUT2D eigenvalue weighted by Gasteiger charge is -2.16. The minimum Gasteiger partial charge on any atom is -0.493 e. The molecule has 0 aromatic heterocycles. The van der Waals surface area contributed by atoms with Gasteiger partial charge in [0, 0.05) is 29.7 Å². The van der Waals surface area contributed by atoms with Gasteiger partial charge in [0.05, 0.1) is 19.2 Å². The topological polar surface area (TPSA) is 43.0 Å². The van der Waals surface area contributed by atoms with Gasteiger partial charge in [0.25, 0.3) is 0 Å². The highest BCUT2D eigenvalue weighted by Crippen LogP contribution is 2.34. The van der Waals surface area contributed by atoms with E-state index in [0.29, 0.717) is 22.3 Å². The van der Waals surface area contributed by atoms with Gasteiger partial charge in [0.15, 0.2) is 11.5 Å². The quantitative estimate of drug-likeness (QED) is 0.694. The Kier molecular flexibility index (Phi) is 6.40. The third kappa shape index (κ3) is 4.69. The zero-order chi connectivity index (χ0) is 18.5. The van der Waals surface area contributed by atoms with Crippen LogP contribution in [0.15, 0.2) is 41.3 Å². The molecule has 1 aliphatic heterocycles. The molecule has 1 N–H and O–H groups in total. The summed E-state index contributed by atoms with van der Waals surface area (Å²) in [5, 5.41) is 0.626. The van der Waals surface area contributed by atoms with E-state index in [2.05, 4.69) is 16.7 Å². The number of hydrogen-bond donors (Lipinski definition) is 1. The molecule has 1 fully saturated rings.